The molecule has 0 aromatic rings. The van der Waals surface area contributed by atoms with Crippen LogP contribution >= 0.6 is 0 Å². The van der Waals surface area contributed by atoms with Gasteiger partial charge in [0.25, 0.3) is 0 Å². The zero-order valence-corrected chi connectivity index (χ0v) is 13.9. The number of amides is 2. The second kappa shape index (κ2) is 8.98. The Morgan fingerprint density at radius 2 is 1.81 bits per heavy atom. The van der Waals surface area contributed by atoms with Crippen LogP contribution in [0.15, 0.2) is 0 Å². The summed E-state index contributed by atoms with van der Waals surface area (Å²) < 4.78 is 33.0. The maximum atomic E-state index is 11.6. The summed E-state index contributed by atoms with van der Waals surface area (Å²) in [6, 6.07) is -2.23. The summed E-state index contributed by atoms with van der Waals surface area (Å²) >= 11 is 0. The van der Waals surface area contributed by atoms with Crippen molar-refractivity contribution in [2.45, 2.75) is 31.8 Å². The van der Waals surface area contributed by atoms with Crippen molar-refractivity contribution >= 4 is 32.6 Å². The van der Waals surface area contributed by atoms with E-state index < -0.39 is 38.7 Å². The molecule has 8 nitrogen and oxygen atoms in total. The molecule has 0 aromatic carbocycles. The fraction of sp³-hybridized carbons (Fsp3) is 0.818. The molecular weight excluding hydrogens is 320 g/mol. The van der Waals surface area contributed by atoms with Crippen molar-refractivity contribution in [3.8, 4) is 0 Å². The number of hydrogen-bond acceptors (Lipinski definition) is 5. The summed E-state index contributed by atoms with van der Waals surface area (Å²) in [7, 11) is -4.26. The molecule has 0 saturated carbocycles. The molecule has 10 heteroatoms. The molecule has 3 N–H and O–H groups in total. The molecule has 0 aliphatic heterocycles. The predicted molar refractivity (Wildman–Crippen MR) is 80.4 cm³/mol. The molecule has 124 valence electrons. The second-order valence-corrected chi connectivity index (χ2v) is 8.71. The van der Waals surface area contributed by atoms with Crippen molar-refractivity contribution in [2.24, 2.45) is 0 Å². The van der Waals surface area contributed by atoms with Gasteiger partial charge in [0, 0.05) is 35.1 Å². The van der Waals surface area contributed by atoms with Gasteiger partial charge >= 0.3 is 12.0 Å². The Morgan fingerprint density at radius 3 is 2.24 bits per heavy atom. The molecule has 0 bridgehead atoms. The van der Waals surface area contributed by atoms with Gasteiger partial charge in [-0.25, -0.2) is 18.0 Å². The Hall–Kier alpha value is -1.16. The molecule has 3 unspecified atom stereocenters. The molecule has 0 rings (SSSR count). The van der Waals surface area contributed by atoms with Gasteiger partial charge in [-0.3, -0.25) is 4.21 Å². The van der Waals surface area contributed by atoms with Crippen molar-refractivity contribution in [3.05, 3.63) is 0 Å². The van der Waals surface area contributed by atoms with E-state index in [0.29, 0.717) is 12.2 Å². The number of hydrogen-bond donors (Lipinski definition) is 3. The normalized spacial score (nSPS) is 15.8. The van der Waals surface area contributed by atoms with Crippen molar-refractivity contribution in [1.82, 2.24) is 10.6 Å². The third-order valence-electron chi connectivity index (χ3n) is 2.60. The number of sulfone groups is 1. The van der Waals surface area contributed by atoms with Gasteiger partial charge in [0.05, 0.1) is 5.75 Å². The molecule has 0 aliphatic rings. The van der Waals surface area contributed by atoms with Gasteiger partial charge in [-0.05, 0) is 19.8 Å². The summed E-state index contributed by atoms with van der Waals surface area (Å²) in [4.78, 5) is 22.6. The molecule has 21 heavy (non-hydrogen) atoms. The zero-order valence-electron chi connectivity index (χ0n) is 12.3. The van der Waals surface area contributed by atoms with E-state index in [4.69, 9.17) is 5.11 Å². The zero-order chi connectivity index (χ0) is 16.6. The SMILES string of the molecule is CC(CCS(C)=O)NC(=O)NC(CCS(C)(=O)=O)C(=O)O. The molecule has 0 fully saturated rings. The van der Waals surface area contributed by atoms with Crippen LogP contribution in [-0.2, 0) is 25.4 Å². The van der Waals surface area contributed by atoms with Crippen molar-refractivity contribution in [1.29, 1.82) is 0 Å². The second-order valence-electron chi connectivity index (χ2n) is 4.89. The first-order valence-corrected chi connectivity index (χ1v) is 10.1. The number of rotatable bonds is 9. The maximum absolute atomic E-state index is 11.6. The number of carboxylic acids is 1. The van der Waals surface area contributed by atoms with E-state index >= 15 is 0 Å². The molecule has 0 aliphatic carbocycles. The van der Waals surface area contributed by atoms with Crippen LogP contribution in [0.1, 0.15) is 19.8 Å². The number of nitrogens with one attached hydrogen (secondary N) is 2. The minimum absolute atomic E-state index is 0.199. The van der Waals surface area contributed by atoms with E-state index in [2.05, 4.69) is 10.6 Å². The largest absolute Gasteiger partial charge is 0.480 e. The Labute approximate surface area is 127 Å². The van der Waals surface area contributed by atoms with Crippen LogP contribution in [0.2, 0.25) is 0 Å². The summed E-state index contributed by atoms with van der Waals surface area (Å²) in [6.07, 6.45) is 2.85. The Balaban J connectivity index is 4.35. The monoisotopic (exact) mass is 342 g/mol. The van der Waals surface area contributed by atoms with Crippen molar-refractivity contribution in [3.63, 3.8) is 0 Å². The van der Waals surface area contributed by atoms with Gasteiger partial charge in [-0.15, -0.1) is 0 Å². The number of aliphatic carboxylic acids is 1. The van der Waals surface area contributed by atoms with Crippen molar-refractivity contribution < 1.29 is 27.3 Å². The van der Waals surface area contributed by atoms with Crippen LogP contribution in [0.4, 0.5) is 4.79 Å². The van der Waals surface area contributed by atoms with E-state index in [1.54, 1.807) is 13.2 Å². The van der Waals surface area contributed by atoms with Gasteiger partial charge < -0.3 is 15.7 Å². The van der Waals surface area contributed by atoms with Crippen LogP contribution in [-0.4, -0.2) is 65.8 Å². The lowest BCUT2D eigenvalue weighted by molar-refractivity contribution is -0.139. The predicted octanol–water partition coefficient (Wildman–Crippen LogP) is -0.669. The molecule has 2 amide bonds. The number of carboxylic acid groups (broad SMARTS) is 1. The lowest BCUT2D eigenvalue weighted by atomic mass is 10.2. The Kier molecular flexibility index (Phi) is 8.48. The fourth-order valence-electron chi connectivity index (χ4n) is 1.43. The Morgan fingerprint density at radius 1 is 1.24 bits per heavy atom. The van der Waals surface area contributed by atoms with Crippen LogP contribution in [0.5, 0.6) is 0 Å². The highest BCUT2D eigenvalue weighted by Gasteiger charge is 2.22. The third-order valence-corrected chi connectivity index (χ3v) is 4.38. The van der Waals surface area contributed by atoms with E-state index in [0.717, 1.165) is 6.26 Å². The lowest BCUT2D eigenvalue weighted by Crippen LogP contribution is -2.49. The molecule has 0 saturated heterocycles. The molecule has 0 aromatic heterocycles. The summed E-state index contributed by atoms with van der Waals surface area (Å²) in [5.41, 5.74) is 0. The number of carbonyl (C=O) groups is 2. The lowest BCUT2D eigenvalue weighted by Gasteiger charge is -2.18. The fourth-order valence-corrected chi connectivity index (χ4v) is 2.78. The highest BCUT2D eigenvalue weighted by Crippen LogP contribution is 1.98. The molecule has 3 atom stereocenters. The van der Waals surface area contributed by atoms with Gasteiger partial charge in [0.15, 0.2) is 0 Å². The standard InChI is InChI=1S/C11H22N2O6S2/c1-8(4-6-20(2)17)12-11(16)13-9(10(14)15)5-7-21(3,18)19/h8-9H,4-7H2,1-3H3,(H,14,15)(H2,12,13,16). The van der Waals surface area contributed by atoms with Crippen molar-refractivity contribution in [2.75, 3.05) is 24.0 Å². The summed E-state index contributed by atoms with van der Waals surface area (Å²) in [5, 5.41) is 13.7. The third kappa shape index (κ3) is 11.2. The average molecular weight is 342 g/mol. The van der Waals surface area contributed by atoms with E-state index in [9.17, 15) is 22.2 Å². The van der Waals surface area contributed by atoms with Gasteiger partial charge in [-0.2, -0.15) is 0 Å². The van der Waals surface area contributed by atoms with E-state index in [1.807, 2.05) is 0 Å². The van der Waals surface area contributed by atoms with Crippen LogP contribution in [0.3, 0.4) is 0 Å². The smallest absolute Gasteiger partial charge is 0.326 e. The first kappa shape index (κ1) is 19.8. The minimum atomic E-state index is -3.30. The highest BCUT2D eigenvalue weighted by molar-refractivity contribution is 7.90. The van der Waals surface area contributed by atoms with Crippen LogP contribution < -0.4 is 10.6 Å². The maximum Gasteiger partial charge on any atom is 0.326 e. The average Bonchev–Trinajstić information content (AvgIpc) is 2.30. The van der Waals surface area contributed by atoms with Crippen LogP contribution in [0, 0.1) is 0 Å². The first-order chi connectivity index (χ1) is 9.51. The Bertz CT molecular complexity index is 491. The van der Waals surface area contributed by atoms with Crippen LogP contribution in [0.25, 0.3) is 0 Å². The molecular formula is C11H22N2O6S2. The molecule has 0 spiro atoms. The van der Waals surface area contributed by atoms with E-state index in [1.165, 1.54) is 0 Å². The molecule has 0 radical (unpaired) electrons. The van der Waals surface area contributed by atoms with Gasteiger partial charge in [-0.1, -0.05) is 0 Å². The van der Waals surface area contributed by atoms with Gasteiger partial charge in [0.2, 0.25) is 0 Å². The topological polar surface area (TPSA) is 130 Å². The minimum Gasteiger partial charge on any atom is -0.480 e. The molecule has 0 heterocycles. The number of urea groups is 1. The quantitative estimate of drug-likeness (QED) is 0.509. The van der Waals surface area contributed by atoms with Gasteiger partial charge in [0.1, 0.15) is 15.9 Å². The highest BCUT2D eigenvalue weighted by atomic mass is 32.2. The number of carbonyl (C=O) groups excluding carboxylic acids is 1. The van der Waals surface area contributed by atoms with E-state index in [-0.39, 0.29) is 18.2 Å². The summed E-state index contributed by atoms with van der Waals surface area (Å²) in [5.74, 6) is -1.19. The summed E-state index contributed by atoms with van der Waals surface area (Å²) in [6.45, 7) is 1.71. The first-order valence-electron chi connectivity index (χ1n) is 6.29.